The first-order valence-electron chi connectivity index (χ1n) is 7.58. The topological polar surface area (TPSA) is 20.2 Å². The molecule has 0 spiro atoms. The quantitative estimate of drug-likeness (QED) is 0.815. The molecule has 1 unspecified atom stereocenters. The van der Waals surface area contributed by atoms with Crippen LogP contribution in [0.5, 0.6) is 0 Å². The predicted octanol–water partition coefficient (Wildman–Crippen LogP) is 4.03. The fourth-order valence-corrected chi connectivity index (χ4v) is 6.33. The van der Waals surface area contributed by atoms with Crippen molar-refractivity contribution in [3.8, 4) is 0 Å². The molecule has 0 radical (unpaired) electrons. The van der Waals surface area contributed by atoms with E-state index in [1.807, 2.05) is 6.92 Å². The molecule has 1 aliphatic carbocycles. The molecule has 1 aromatic carbocycles. The van der Waals surface area contributed by atoms with Crippen LogP contribution >= 0.6 is 0 Å². The van der Waals surface area contributed by atoms with E-state index in [-0.39, 0.29) is 5.41 Å². The third kappa shape index (κ3) is 3.83. The molecule has 0 bridgehead atoms. The fraction of sp³-hybridized carbons (Fsp3) is 0.556. The molecule has 1 fully saturated rings. The van der Waals surface area contributed by atoms with E-state index in [2.05, 4.69) is 63.0 Å². The summed E-state index contributed by atoms with van der Waals surface area (Å²) in [5.41, 5.74) is 3.62. The lowest BCUT2D eigenvalue weighted by atomic mass is 9.69. The van der Waals surface area contributed by atoms with Gasteiger partial charge in [0.15, 0.2) is 0 Å². The Labute approximate surface area is 124 Å². The van der Waals surface area contributed by atoms with Gasteiger partial charge in [0.05, 0.1) is 5.60 Å². The number of hydrogen-bond acceptors (Lipinski definition) is 1. The van der Waals surface area contributed by atoms with Crippen LogP contribution in [0.1, 0.15) is 40.0 Å². The molecule has 110 valence electrons. The van der Waals surface area contributed by atoms with Crippen molar-refractivity contribution < 1.29 is 5.11 Å². The summed E-state index contributed by atoms with van der Waals surface area (Å²) in [7, 11) is -1.57. The molecule has 1 N–H and O–H groups in total. The molecular weight excluding hydrogens is 260 g/mol. The van der Waals surface area contributed by atoms with E-state index in [4.69, 9.17) is 0 Å². The van der Waals surface area contributed by atoms with E-state index >= 15 is 0 Å². The molecular formula is C18H28OSi. The van der Waals surface area contributed by atoms with Gasteiger partial charge in [0.2, 0.25) is 0 Å². The number of rotatable bonds is 2. The van der Waals surface area contributed by atoms with Crippen molar-refractivity contribution in [2.75, 3.05) is 0 Å². The van der Waals surface area contributed by atoms with Crippen LogP contribution in [-0.2, 0) is 0 Å². The lowest BCUT2D eigenvalue weighted by Gasteiger charge is -2.41. The van der Waals surface area contributed by atoms with E-state index in [0.29, 0.717) is 0 Å². The Hall–Kier alpha value is -0.863. The van der Waals surface area contributed by atoms with Crippen molar-refractivity contribution in [3.05, 3.63) is 41.6 Å². The van der Waals surface area contributed by atoms with Crippen LogP contribution in [0.15, 0.2) is 41.6 Å². The highest BCUT2D eigenvalue weighted by Crippen LogP contribution is 2.43. The van der Waals surface area contributed by atoms with Crippen LogP contribution in [0.2, 0.25) is 13.1 Å². The molecule has 20 heavy (non-hydrogen) atoms. The standard InChI is InChI=1S/C18H28OSi/c1-17(2)11-15(12-18(3,19)14-17)13-20(4,5)16-9-7-6-8-10-16/h6-10,13,19H,11-12,14H2,1-5H3/b15-13-. The molecule has 2 rings (SSSR count). The van der Waals surface area contributed by atoms with Crippen molar-refractivity contribution in [1.82, 2.24) is 0 Å². The van der Waals surface area contributed by atoms with Gasteiger partial charge in [0, 0.05) is 0 Å². The smallest absolute Gasteiger partial charge is 0.104 e. The molecule has 1 aromatic rings. The summed E-state index contributed by atoms with van der Waals surface area (Å²) < 4.78 is 0. The van der Waals surface area contributed by atoms with E-state index in [1.165, 1.54) is 10.8 Å². The van der Waals surface area contributed by atoms with Gasteiger partial charge in [0.1, 0.15) is 8.07 Å². The van der Waals surface area contributed by atoms with Crippen molar-refractivity contribution in [1.29, 1.82) is 0 Å². The Bertz CT molecular complexity index is 479. The minimum absolute atomic E-state index is 0.203. The molecule has 0 aromatic heterocycles. The zero-order chi connectivity index (χ0) is 15.0. The molecule has 1 aliphatic rings. The maximum absolute atomic E-state index is 10.5. The summed E-state index contributed by atoms with van der Waals surface area (Å²) >= 11 is 0. The van der Waals surface area contributed by atoms with E-state index in [1.54, 1.807) is 0 Å². The van der Waals surface area contributed by atoms with Gasteiger partial charge in [-0.05, 0) is 31.6 Å². The highest BCUT2D eigenvalue weighted by Gasteiger charge is 2.38. The zero-order valence-corrected chi connectivity index (χ0v) is 14.5. The Morgan fingerprint density at radius 1 is 1.05 bits per heavy atom. The van der Waals surface area contributed by atoms with Crippen molar-refractivity contribution >= 4 is 13.3 Å². The summed E-state index contributed by atoms with van der Waals surface area (Å²) in [5.74, 6) is 0. The second-order valence-electron chi connectivity index (χ2n) is 8.08. The van der Waals surface area contributed by atoms with Gasteiger partial charge >= 0.3 is 0 Å². The maximum atomic E-state index is 10.5. The van der Waals surface area contributed by atoms with E-state index in [9.17, 15) is 5.11 Å². The molecule has 0 heterocycles. The van der Waals surface area contributed by atoms with Gasteiger partial charge in [-0.1, -0.05) is 73.7 Å². The number of aliphatic hydroxyl groups is 1. The van der Waals surface area contributed by atoms with Crippen LogP contribution < -0.4 is 5.19 Å². The zero-order valence-electron chi connectivity index (χ0n) is 13.5. The summed E-state index contributed by atoms with van der Waals surface area (Å²) in [5, 5.41) is 12.0. The summed E-state index contributed by atoms with van der Waals surface area (Å²) in [4.78, 5) is 0. The van der Waals surface area contributed by atoms with Gasteiger partial charge in [-0.25, -0.2) is 0 Å². The van der Waals surface area contributed by atoms with Crippen LogP contribution in [0.25, 0.3) is 0 Å². The third-order valence-electron chi connectivity index (χ3n) is 4.26. The van der Waals surface area contributed by atoms with Crippen LogP contribution in [0, 0.1) is 5.41 Å². The molecule has 1 nitrogen and oxygen atoms in total. The molecule has 2 heteroatoms. The van der Waals surface area contributed by atoms with Crippen LogP contribution in [0.3, 0.4) is 0 Å². The molecule has 1 saturated carbocycles. The Morgan fingerprint density at radius 2 is 1.65 bits per heavy atom. The van der Waals surface area contributed by atoms with E-state index in [0.717, 1.165) is 19.3 Å². The monoisotopic (exact) mass is 288 g/mol. The predicted molar refractivity (Wildman–Crippen MR) is 89.9 cm³/mol. The molecule has 1 atom stereocenters. The Kier molecular flexibility index (Phi) is 4.00. The highest BCUT2D eigenvalue weighted by atomic mass is 28.3. The Morgan fingerprint density at radius 3 is 2.20 bits per heavy atom. The lowest BCUT2D eigenvalue weighted by molar-refractivity contribution is -0.00331. The van der Waals surface area contributed by atoms with Crippen LogP contribution in [-0.4, -0.2) is 18.8 Å². The van der Waals surface area contributed by atoms with Crippen molar-refractivity contribution in [2.24, 2.45) is 5.41 Å². The highest BCUT2D eigenvalue weighted by molar-refractivity contribution is 6.94. The third-order valence-corrected chi connectivity index (χ3v) is 7.21. The summed E-state index contributed by atoms with van der Waals surface area (Å²) in [6.45, 7) is 11.3. The van der Waals surface area contributed by atoms with Gasteiger partial charge in [-0.2, -0.15) is 0 Å². The number of hydrogen-bond donors (Lipinski definition) is 1. The van der Waals surface area contributed by atoms with Gasteiger partial charge in [-0.3, -0.25) is 0 Å². The minimum atomic E-state index is -1.57. The second-order valence-corrected chi connectivity index (χ2v) is 12.4. The normalized spacial score (nSPS) is 28.6. The maximum Gasteiger partial charge on any atom is 0.104 e. The van der Waals surface area contributed by atoms with Crippen LogP contribution in [0.4, 0.5) is 0 Å². The average molecular weight is 289 g/mol. The van der Waals surface area contributed by atoms with Crippen molar-refractivity contribution in [3.63, 3.8) is 0 Å². The minimum Gasteiger partial charge on any atom is -0.390 e. The molecule has 0 aliphatic heterocycles. The second kappa shape index (κ2) is 5.16. The Balaban J connectivity index is 2.30. The largest absolute Gasteiger partial charge is 0.390 e. The first-order valence-corrected chi connectivity index (χ1v) is 10.7. The first-order chi connectivity index (χ1) is 9.10. The van der Waals surface area contributed by atoms with Crippen molar-refractivity contribution in [2.45, 2.75) is 58.7 Å². The van der Waals surface area contributed by atoms with Gasteiger partial charge < -0.3 is 5.11 Å². The SMILES string of the molecule is CC1(C)C/C(=C/[Si](C)(C)c2ccccc2)CC(C)(O)C1. The summed E-state index contributed by atoms with van der Waals surface area (Å²) in [6.07, 6.45) is 2.84. The van der Waals surface area contributed by atoms with Gasteiger partial charge in [0.25, 0.3) is 0 Å². The average Bonchev–Trinajstić information content (AvgIpc) is 2.25. The van der Waals surface area contributed by atoms with Gasteiger partial charge in [-0.15, -0.1) is 0 Å². The summed E-state index contributed by atoms with van der Waals surface area (Å²) in [6, 6.07) is 10.8. The van der Waals surface area contributed by atoms with E-state index < -0.39 is 13.7 Å². The first kappa shape index (κ1) is 15.5. The lowest BCUT2D eigenvalue weighted by Crippen LogP contribution is -2.42. The molecule has 0 amide bonds. The molecule has 0 saturated heterocycles. The number of benzene rings is 1. The fourth-order valence-electron chi connectivity index (χ4n) is 3.89.